The van der Waals surface area contributed by atoms with Crippen LogP contribution in [0.15, 0.2) is 12.1 Å². The van der Waals surface area contributed by atoms with Gasteiger partial charge in [0.15, 0.2) is 0 Å². The lowest BCUT2D eigenvalue weighted by atomic mass is 9.91. The third-order valence-corrected chi connectivity index (χ3v) is 3.97. The first-order chi connectivity index (χ1) is 9.44. The van der Waals surface area contributed by atoms with Gasteiger partial charge in [-0.3, -0.25) is 0 Å². The Bertz CT molecular complexity index is 454. The zero-order chi connectivity index (χ0) is 14.8. The molecule has 4 nitrogen and oxygen atoms in total. The molecule has 0 bridgehead atoms. The molecule has 1 atom stereocenters. The second-order valence-corrected chi connectivity index (χ2v) is 6.74. The molecule has 112 valence electrons. The van der Waals surface area contributed by atoms with Gasteiger partial charge < -0.3 is 15.1 Å². The van der Waals surface area contributed by atoms with Crippen LogP contribution in [0, 0.1) is 5.92 Å². The van der Waals surface area contributed by atoms with Crippen LogP contribution >= 0.6 is 0 Å². The number of aromatic nitrogens is 1. The highest BCUT2D eigenvalue weighted by molar-refractivity contribution is 5.44. The number of anilines is 1. The molecule has 0 radical (unpaired) electrons. The third kappa shape index (κ3) is 3.49. The lowest BCUT2D eigenvalue weighted by Gasteiger charge is -2.24. The molecule has 1 aliphatic rings. The van der Waals surface area contributed by atoms with Crippen LogP contribution in [0.3, 0.4) is 0 Å². The molecule has 1 fully saturated rings. The van der Waals surface area contributed by atoms with Crippen molar-refractivity contribution in [3.8, 4) is 0 Å². The maximum Gasteiger partial charge on any atom is 0.129 e. The second-order valence-electron chi connectivity index (χ2n) is 6.74. The molecule has 2 rings (SSSR count). The van der Waals surface area contributed by atoms with Gasteiger partial charge in [-0.05, 0) is 36.5 Å². The molecule has 1 unspecified atom stereocenters. The van der Waals surface area contributed by atoms with Crippen LogP contribution in [0.4, 0.5) is 5.82 Å². The number of pyridine rings is 1. The minimum absolute atomic E-state index is 0.0237. The summed E-state index contributed by atoms with van der Waals surface area (Å²) >= 11 is 0. The fourth-order valence-corrected chi connectivity index (χ4v) is 2.67. The van der Waals surface area contributed by atoms with Crippen molar-refractivity contribution in [1.82, 2.24) is 4.98 Å². The quantitative estimate of drug-likeness (QED) is 0.885. The van der Waals surface area contributed by atoms with E-state index in [4.69, 9.17) is 10.1 Å². The Hall–Kier alpha value is -1.13. The van der Waals surface area contributed by atoms with Crippen molar-refractivity contribution >= 4 is 5.82 Å². The Kier molecular flexibility index (Phi) is 4.66. The monoisotopic (exact) mass is 278 g/mol. The van der Waals surface area contributed by atoms with Gasteiger partial charge in [0, 0.05) is 30.8 Å². The summed E-state index contributed by atoms with van der Waals surface area (Å²) < 4.78 is 0. The molecule has 4 heteroatoms. The maximum absolute atomic E-state index is 9.45. The van der Waals surface area contributed by atoms with E-state index < -0.39 is 0 Å². The summed E-state index contributed by atoms with van der Waals surface area (Å²) in [6.07, 6.45) is 1.97. The normalized spacial score (nSPS) is 19.6. The summed E-state index contributed by atoms with van der Waals surface area (Å²) in [6.45, 7) is 8.65. The summed E-state index contributed by atoms with van der Waals surface area (Å²) in [6, 6.07) is 3.97. The van der Waals surface area contributed by atoms with E-state index in [0.717, 1.165) is 43.0 Å². The van der Waals surface area contributed by atoms with Crippen LogP contribution in [-0.4, -0.2) is 34.9 Å². The topological polar surface area (TPSA) is 56.6 Å². The summed E-state index contributed by atoms with van der Waals surface area (Å²) in [7, 11) is 0. The molecule has 2 heterocycles. The van der Waals surface area contributed by atoms with E-state index in [9.17, 15) is 5.11 Å². The van der Waals surface area contributed by atoms with E-state index >= 15 is 0 Å². The fourth-order valence-electron chi connectivity index (χ4n) is 2.67. The minimum atomic E-state index is -0.0237. The van der Waals surface area contributed by atoms with Gasteiger partial charge in [-0.1, -0.05) is 20.8 Å². The van der Waals surface area contributed by atoms with Crippen molar-refractivity contribution in [3.05, 3.63) is 23.4 Å². The SMILES string of the molecule is CC(C)(C)c1cc(CO)cc(N2CCC(CCO)C2)n1. The van der Waals surface area contributed by atoms with Crippen molar-refractivity contribution in [2.24, 2.45) is 5.92 Å². The molecule has 1 aliphatic heterocycles. The fraction of sp³-hybridized carbons (Fsp3) is 0.688. The summed E-state index contributed by atoms with van der Waals surface area (Å²) in [5.41, 5.74) is 1.92. The van der Waals surface area contributed by atoms with Crippen LogP contribution in [0.1, 0.15) is 44.9 Å². The third-order valence-electron chi connectivity index (χ3n) is 3.97. The first-order valence-electron chi connectivity index (χ1n) is 7.42. The highest BCUT2D eigenvalue weighted by Crippen LogP contribution is 2.28. The molecular weight excluding hydrogens is 252 g/mol. The van der Waals surface area contributed by atoms with Crippen molar-refractivity contribution in [2.75, 3.05) is 24.6 Å². The number of nitrogens with zero attached hydrogens (tertiary/aromatic N) is 2. The van der Waals surface area contributed by atoms with Gasteiger partial charge in [-0.15, -0.1) is 0 Å². The molecular formula is C16H26N2O2. The van der Waals surface area contributed by atoms with Crippen LogP contribution in [0.5, 0.6) is 0 Å². The van der Waals surface area contributed by atoms with E-state index in [1.54, 1.807) is 0 Å². The van der Waals surface area contributed by atoms with Gasteiger partial charge in [0.25, 0.3) is 0 Å². The number of aliphatic hydroxyl groups is 2. The Morgan fingerprint density at radius 3 is 2.65 bits per heavy atom. The van der Waals surface area contributed by atoms with Gasteiger partial charge >= 0.3 is 0 Å². The average Bonchev–Trinajstić information content (AvgIpc) is 2.86. The van der Waals surface area contributed by atoms with Gasteiger partial charge in [-0.25, -0.2) is 4.98 Å². The van der Waals surface area contributed by atoms with Crippen molar-refractivity contribution in [2.45, 2.75) is 45.6 Å². The molecule has 0 aromatic carbocycles. The highest BCUT2D eigenvalue weighted by atomic mass is 16.3. The predicted molar refractivity (Wildman–Crippen MR) is 80.9 cm³/mol. The Morgan fingerprint density at radius 2 is 2.05 bits per heavy atom. The largest absolute Gasteiger partial charge is 0.396 e. The summed E-state index contributed by atoms with van der Waals surface area (Å²) in [5, 5.41) is 18.5. The summed E-state index contributed by atoms with van der Waals surface area (Å²) in [5.74, 6) is 1.51. The predicted octanol–water partition coefficient (Wildman–Crippen LogP) is 2.08. The first-order valence-corrected chi connectivity index (χ1v) is 7.42. The molecule has 0 spiro atoms. The molecule has 1 aromatic heterocycles. The Balaban J connectivity index is 2.23. The van der Waals surface area contributed by atoms with E-state index in [0.29, 0.717) is 5.92 Å². The van der Waals surface area contributed by atoms with Crippen LogP contribution in [0.25, 0.3) is 0 Å². The Labute approximate surface area is 121 Å². The van der Waals surface area contributed by atoms with Crippen molar-refractivity contribution in [3.63, 3.8) is 0 Å². The van der Waals surface area contributed by atoms with E-state index in [1.165, 1.54) is 0 Å². The zero-order valence-corrected chi connectivity index (χ0v) is 12.8. The zero-order valence-electron chi connectivity index (χ0n) is 12.8. The molecule has 0 saturated carbocycles. The van der Waals surface area contributed by atoms with E-state index in [2.05, 4.69) is 25.7 Å². The number of hydrogen-bond donors (Lipinski definition) is 2. The molecule has 2 N–H and O–H groups in total. The highest BCUT2D eigenvalue weighted by Gasteiger charge is 2.25. The Morgan fingerprint density at radius 1 is 1.30 bits per heavy atom. The number of rotatable bonds is 4. The van der Waals surface area contributed by atoms with Gasteiger partial charge in [0.1, 0.15) is 5.82 Å². The molecule has 20 heavy (non-hydrogen) atoms. The van der Waals surface area contributed by atoms with Crippen molar-refractivity contribution < 1.29 is 10.2 Å². The minimum Gasteiger partial charge on any atom is -0.396 e. The standard InChI is InChI=1S/C16H26N2O2/c1-16(2,3)14-8-13(11-20)9-15(17-14)18-6-4-12(10-18)5-7-19/h8-9,12,19-20H,4-7,10-11H2,1-3H3. The first kappa shape index (κ1) is 15.3. The lowest BCUT2D eigenvalue weighted by molar-refractivity contribution is 0.263. The van der Waals surface area contributed by atoms with Crippen LogP contribution in [0.2, 0.25) is 0 Å². The van der Waals surface area contributed by atoms with Gasteiger partial charge in [-0.2, -0.15) is 0 Å². The van der Waals surface area contributed by atoms with Gasteiger partial charge in [0.2, 0.25) is 0 Å². The smallest absolute Gasteiger partial charge is 0.129 e. The number of hydrogen-bond acceptors (Lipinski definition) is 4. The van der Waals surface area contributed by atoms with Crippen molar-refractivity contribution in [1.29, 1.82) is 0 Å². The van der Waals surface area contributed by atoms with E-state index in [-0.39, 0.29) is 18.6 Å². The molecule has 1 saturated heterocycles. The van der Waals surface area contributed by atoms with Gasteiger partial charge in [0.05, 0.1) is 6.61 Å². The maximum atomic E-state index is 9.45. The van der Waals surface area contributed by atoms with Crippen LogP contribution < -0.4 is 4.90 Å². The lowest BCUT2D eigenvalue weighted by Crippen LogP contribution is -2.23. The average molecular weight is 278 g/mol. The second kappa shape index (κ2) is 6.10. The molecule has 0 aliphatic carbocycles. The molecule has 1 aromatic rings. The summed E-state index contributed by atoms with van der Waals surface area (Å²) in [4.78, 5) is 7.05. The van der Waals surface area contributed by atoms with Crippen LogP contribution in [-0.2, 0) is 12.0 Å². The molecule has 0 amide bonds. The van der Waals surface area contributed by atoms with E-state index in [1.807, 2.05) is 12.1 Å². The number of aliphatic hydroxyl groups excluding tert-OH is 2.